The second-order valence-electron chi connectivity index (χ2n) is 18.3. The number of fused-ring (bicyclic) bond motifs is 12. The molecule has 0 saturated carbocycles. The number of allylic oxidation sites excluding steroid dienone is 5. The molecule has 0 fully saturated rings. The lowest BCUT2D eigenvalue weighted by atomic mass is 9.65. The number of nitrogens with zero attached hydrogens (tertiary/aromatic N) is 2. The molecule has 0 N–H and O–H groups in total. The summed E-state index contributed by atoms with van der Waals surface area (Å²) in [5.41, 5.74) is 16.6. The van der Waals surface area contributed by atoms with E-state index in [2.05, 4.69) is 214 Å². The van der Waals surface area contributed by atoms with Gasteiger partial charge in [0.25, 0.3) is 0 Å². The zero-order valence-corrected chi connectivity index (χ0v) is 36.3. The maximum absolute atomic E-state index is 7.13. The first-order chi connectivity index (χ1) is 32.0. The van der Waals surface area contributed by atoms with Crippen LogP contribution in [0, 0.1) is 5.92 Å². The minimum absolute atomic E-state index is 0.315. The predicted molar refractivity (Wildman–Crippen MR) is 263 cm³/mol. The molecule has 1 aliphatic heterocycles. The average Bonchev–Trinajstić information content (AvgIpc) is 3.87. The van der Waals surface area contributed by atoms with E-state index in [4.69, 9.17) is 19.1 Å². The van der Waals surface area contributed by atoms with Crippen molar-refractivity contribution in [3.8, 4) is 67.5 Å². The molecule has 3 heterocycles. The van der Waals surface area contributed by atoms with Crippen LogP contribution in [0.3, 0.4) is 0 Å². The molecule has 2 atom stereocenters. The van der Waals surface area contributed by atoms with Crippen molar-refractivity contribution in [2.45, 2.75) is 37.5 Å². The molecule has 9 aromatic rings. The molecule has 310 valence electrons. The Bertz CT molecular complexity index is 3470. The van der Waals surface area contributed by atoms with E-state index in [9.17, 15) is 0 Å². The van der Waals surface area contributed by atoms with Gasteiger partial charge in [-0.05, 0) is 57.9 Å². The summed E-state index contributed by atoms with van der Waals surface area (Å²) >= 11 is 0. The second kappa shape index (κ2) is 14.4. The quantitative estimate of drug-likeness (QED) is 0.173. The Balaban J connectivity index is 0.970. The highest BCUT2D eigenvalue weighted by Crippen LogP contribution is 2.63. The highest BCUT2D eigenvalue weighted by molar-refractivity contribution is 5.99. The van der Waals surface area contributed by atoms with Crippen LogP contribution in [0.1, 0.15) is 59.5 Å². The van der Waals surface area contributed by atoms with Gasteiger partial charge < -0.3 is 9.15 Å². The normalized spacial score (nSPS) is 18.2. The van der Waals surface area contributed by atoms with Gasteiger partial charge in [0, 0.05) is 56.2 Å². The monoisotopic (exact) mass is 836 g/mol. The Morgan fingerprint density at radius 2 is 1.23 bits per heavy atom. The third kappa shape index (κ3) is 5.63. The summed E-state index contributed by atoms with van der Waals surface area (Å²) in [5, 5.41) is 1.17. The van der Waals surface area contributed by atoms with Crippen LogP contribution in [0.2, 0.25) is 0 Å². The highest BCUT2D eigenvalue weighted by Gasteiger charge is 2.51. The summed E-state index contributed by atoms with van der Waals surface area (Å²) in [7, 11) is 0. The van der Waals surface area contributed by atoms with Crippen molar-refractivity contribution in [2.24, 2.45) is 5.92 Å². The first-order valence-electron chi connectivity index (χ1n) is 22.8. The molecule has 1 spiro atoms. The molecule has 13 rings (SSSR count). The molecule has 4 aliphatic rings. The lowest BCUT2D eigenvalue weighted by Crippen LogP contribution is -2.32. The number of hydrogen-bond donors (Lipinski definition) is 0. The first-order valence-corrected chi connectivity index (χ1v) is 22.8. The highest BCUT2D eigenvalue weighted by atomic mass is 16.5. The molecule has 65 heavy (non-hydrogen) atoms. The summed E-state index contributed by atoms with van der Waals surface area (Å²) in [4.78, 5) is 10.9. The van der Waals surface area contributed by atoms with Gasteiger partial charge >= 0.3 is 0 Å². The molecule has 4 nitrogen and oxygen atoms in total. The lowest BCUT2D eigenvalue weighted by molar-refractivity contribution is 0.438. The summed E-state index contributed by atoms with van der Waals surface area (Å²) in [6, 6.07) is 58.9. The molecule has 3 aliphatic carbocycles. The van der Waals surface area contributed by atoms with Crippen LogP contribution in [0.15, 0.2) is 199 Å². The van der Waals surface area contributed by atoms with Crippen LogP contribution < -0.4 is 4.74 Å². The standard InChI is InChI=1S/C61H44N2O2/c1-38-28-33-45-47-21-14-20-41(57(47)65-55(45)36-38)39-29-31-40(32-30-39)53-37-56(60(2)34-12-3-13-35-60)63-59(62-53)48-19-5-4-16-42(48)46-22-15-26-52-58(46)64-54-27-11-10-25-51(54)61(52)49-23-8-6-17-43(49)44-18-7-9-24-50(44)61/h3-34,37-38H,35-36H2,1-2H3. The van der Waals surface area contributed by atoms with Crippen molar-refractivity contribution in [3.63, 3.8) is 0 Å². The fourth-order valence-electron chi connectivity index (χ4n) is 11.1. The summed E-state index contributed by atoms with van der Waals surface area (Å²) in [6.45, 7) is 4.51. The van der Waals surface area contributed by atoms with Crippen molar-refractivity contribution in [1.82, 2.24) is 9.97 Å². The van der Waals surface area contributed by atoms with E-state index in [-0.39, 0.29) is 5.41 Å². The second-order valence-corrected chi connectivity index (χ2v) is 18.3. The van der Waals surface area contributed by atoms with E-state index in [1.807, 2.05) is 0 Å². The zero-order chi connectivity index (χ0) is 43.3. The van der Waals surface area contributed by atoms with Gasteiger partial charge in [0.15, 0.2) is 5.82 Å². The maximum Gasteiger partial charge on any atom is 0.160 e. The third-order valence-electron chi connectivity index (χ3n) is 14.3. The number of ether oxygens (including phenoxy) is 1. The van der Waals surface area contributed by atoms with Gasteiger partial charge in [-0.2, -0.15) is 0 Å². The molecular formula is C61H44N2O2. The van der Waals surface area contributed by atoms with Crippen molar-refractivity contribution in [3.05, 3.63) is 233 Å². The number of furan rings is 1. The van der Waals surface area contributed by atoms with Crippen LogP contribution >= 0.6 is 0 Å². The summed E-state index contributed by atoms with van der Waals surface area (Å²) < 4.78 is 13.7. The number of benzene rings is 7. The number of aromatic nitrogens is 2. The molecular weight excluding hydrogens is 793 g/mol. The van der Waals surface area contributed by atoms with Gasteiger partial charge in [0.1, 0.15) is 22.8 Å². The van der Waals surface area contributed by atoms with Gasteiger partial charge in [-0.1, -0.05) is 202 Å². The number of rotatable bonds is 5. The molecule has 2 unspecified atom stereocenters. The summed E-state index contributed by atoms with van der Waals surface area (Å²) in [5.74, 6) is 3.92. The van der Waals surface area contributed by atoms with E-state index in [1.54, 1.807) is 0 Å². The van der Waals surface area contributed by atoms with E-state index >= 15 is 0 Å². The Hall–Kier alpha value is -7.82. The van der Waals surface area contributed by atoms with Gasteiger partial charge in [-0.3, -0.25) is 0 Å². The minimum Gasteiger partial charge on any atom is -0.460 e. The van der Waals surface area contributed by atoms with E-state index < -0.39 is 5.41 Å². The van der Waals surface area contributed by atoms with Crippen molar-refractivity contribution in [1.29, 1.82) is 0 Å². The molecule has 0 amide bonds. The van der Waals surface area contributed by atoms with Crippen molar-refractivity contribution < 1.29 is 9.15 Å². The molecule has 0 radical (unpaired) electrons. The summed E-state index contributed by atoms with van der Waals surface area (Å²) in [6.07, 6.45) is 15.0. The topological polar surface area (TPSA) is 48.2 Å². The first kappa shape index (κ1) is 37.7. The van der Waals surface area contributed by atoms with Gasteiger partial charge in [0.05, 0.1) is 16.8 Å². The number of para-hydroxylation sites is 3. The van der Waals surface area contributed by atoms with E-state index in [1.165, 1.54) is 33.2 Å². The molecule has 7 aromatic carbocycles. The third-order valence-corrected chi connectivity index (χ3v) is 14.3. The molecule has 0 saturated heterocycles. The smallest absolute Gasteiger partial charge is 0.160 e. The Labute approximate surface area is 379 Å². The fourth-order valence-corrected chi connectivity index (χ4v) is 11.1. The van der Waals surface area contributed by atoms with Gasteiger partial charge in [-0.25, -0.2) is 9.97 Å². The Morgan fingerprint density at radius 3 is 2.00 bits per heavy atom. The van der Waals surface area contributed by atoms with Gasteiger partial charge in [-0.15, -0.1) is 0 Å². The molecule has 2 aromatic heterocycles. The van der Waals surface area contributed by atoms with Crippen molar-refractivity contribution in [2.75, 3.05) is 0 Å². The van der Waals surface area contributed by atoms with Crippen LogP contribution in [-0.4, -0.2) is 9.97 Å². The van der Waals surface area contributed by atoms with Crippen LogP contribution in [-0.2, 0) is 17.3 Å². The molecule has 4 heteroatoms. The zero-order valence-electron chi connectivity index (χ0n) is 36.3. The largest absolute Gasteiger partial charge is 0.460 e. The van der Waals surface area contributed by atoms with Crippen LogP contribution in [0.25, 0.3) is 73.1 Å². The predicted octanol–water partition coefficient (Wildman–Crippen LogP) is 15.3. The van der Waals surface area contributed by atoms with Crippen LogP contribution in [0.4, 0.5) is 0 Å². The van der Waals surface area contributed by atoms with Gasteiger partial charge in [0.2, 0.25) is 0 Å². The fraction of sp³-hybridized carbons (Fsp3) is 0.115. The minimum atomic E-state index is -0.565. The maximum atomic E-state index is 7.13. The Morgan fingerprint density at radius 1 is 0.585 bits per heavy atom. The van der Waals surface area contributed by atoms with E-state index in [0.29, 0.717) is 11.7 Å². The number of hydrogen-bond acceptors (Lipinski definition) is 4. The SMILES string of the molecule is CC1C=Cc2c(oc3c(-c4ccc(-c5cc(C6(C)C=CC=CC6)nc(-c6ccccc6-c6cccc7c6Oc6ccccc6C76c7ccccc7-c7ccccc76)n5)cc4)cccc23)C1. The lowest BCUT2D eigenvalue weighted by Gasteiger charge is -2.40. The van der Waals surface area contributed by atoms with E-state index in [0.717, 1.165) is 91.6 Å². The van der Waals surface area contributed by atoms with Crippen molar-refractivity contribution >= 4 is 17.0 Å². The Kier molecular flexibility index (Phi) is 8.33. The van der Waals surface area contributed by atoms with Crippen LogP contribution in [0.5, 0.6) is 11.5 Å². The molecule has 0 bridgehead atoms. The average molecular weight is 837 g/mol.